The summed E-state index contributed by atoms with van der Waals surface area (Å²) in [4.78, 5) is 32.6. The van der Waals surface area contributed by atoms with Crippen molar-refractivity contribution in [3.05, 3.63) is 111 Å². The molecule has 0 spiro atoms. The van der Waals surface area contributed by atoms with Crippen LogP contribution in [-0.2, 0) is 16.1 Å². The third-order valence-electron chi connectivity index (χ3n) is 6.15. The van der Waals surface area contributed by atoms with Crippen molar-refractivity contribution in [3.8, 4) is 11.5 Å². The van der Waals surface area contributed by atoms with E-state index in [-0.39, 0.29) is 18.8 Å². The number of halogens is 2. The summed E-state index contributed by atoms with van der Waals surface area (Å²) < 4.78 is 18.8. The molecular formula is C29H24Cl2N2O5S2. The van der Waals surface area contributed by atoms with E-state index >= 15 is 0 Å². The molecule has 40 heavy (non-hydrogen) atoms. The number of thiazole rings is 1. The van der Waals surface area contributed by atoms with Crippen LogP contribution in [0.5, 0.6) is 11.5 Å². The van der Waals surface area contributed by atoms with Gasteiger partial charge in [0.1, 0.15) is 12.6 Å². The van der Waals surface area contributed by atoms with Crippen molar-refractivity contribution in [1.29, 1.82) is 0 Å². The second-order valence-electron chi connectivity index (χ2n) is 8.77. The number of aromatic nitrogens is 1. The Morgan fingerprint density at radius 1 is 1.18 bits per heavy atom. The molecule has 0 fully saturated rings. The number of thiophene rings is 1. The van der Waals surface area contributed by atoms with Gasteiger partial charge in [-0.1, -0.05) is 52.7 Å². The van der Waals surface area contributed by atoms with E-state index in [0.717, 1.165) is 10.4 Å². The molecule has 3 heterocycles. The van der Waals surface area contributed by atoms with E-state index in [0.29, 0.717) is 47.7 Å². The van der Waals surface area contributed by atoms with Crippen LogP contribution in [0.25, 0.3) is 6.08 Å². The van der Waals surface area contributed by atoms with Gasteiger partial charge in [-0.15, -0.1) is 11.3 Å². The number of fused-ring (bicyclic) bond motifs is 1. The van der Waals surface area contributed by atoms with Crippen LogP contribution in [0, 0.1) is 0 Å². The molecule has 0 radical (unpaired) electrons. The zero-order valence-electron chi connectivity index (χ0n) is 21.8. The molecule has 0 N–H and O–H groups in total. The van der Waals surface area contributed by atoms with Gasteiger partial charge < -0.3 is 14.2 Å². The number of ether oxygens (including phenoxy) is 3. The number of hydrogen-bond donors (Lipinski definition) is 0. The second kappa shape index (κ2) is 12.0. The minimum Gasteiger partial charge on any atom is -0.493 e. The number of allylic oxidation sites excluding steroid dienone is 1. The largest absolute Gasteiger partial charge is 0.493 e. The first kappa shape index (κ1) is 28.2. The number of rotatable bonds is 8. The van der Waals surface area contributed by atoms with E-state index in [1.807, 2.05) is 35.7 Å². The van der Waals surface area contributed by atoms with E-state index in [1.165, 1.54) is 29.8 Å². The molecule has 0 bridgehead atoms. The molecule has 206 valence electrons. The number of hydrogen-bond acceptors (Lipinski definition) is 8. The molecule has 0 saturated heterocycles. The van der Waals surface area contributed by atoms with Crippen LogP contribution in [-0.4, -0.2) is 24.3 Å². The summed E-state index contributed by atoms with van der Waals surface area (Å²) in [5, 5.41) is 2.85. The number of nitrogens with zero attached hydrogens (tertiary/aromatic N) is 2. The van der Waals surface area contributed by atoms with Gasteiger partial charge in [0.2, 0.25) is 0 Å². The molecule has 0 aliphatic carbocycles. The zero-order chi connectivity index (χ0) is 28.4. The first-order chi connectivity index (χ1) is 19.3. The van der Waals surface area contributed by atoms with Crippen LogP contribution in [0.4, 0.5) is 0 Å². The van der Waals surface area contributed by atoms with Crippen LogP contribution in [0.1, 0.15) is 35.9 Å². The van der Waals surface area contributed by atoms with Crippen LogP contribution >= 0.6 is 45.9 Å². The monoisotopic (exact) mass is 614 g/mol. The Kier molecular flexibility index (Phi) is 8.46. The SMILES string of the molecule is CCOC(=O)C1=C(C)N=c2s/c(=C\c3cc(Cl)c(OCc4cccc(Cl)c4)c(OC)c3)c(=O)n2[C@@H]1c1cccs1. The normalized spacial score (nSPS) is 15.0. The van der Waals surface area contributed by atoms with Crippen molar-refractivity contribution in [1.82, 2.24) is 4.57 Å². The lowest BCUT2D eigenvalue weighted by atomic mass is 10.0. The number of carbonyl (C=O) groups excluding carboxylic acids is 1. The summed E-state index contributed by atoms with van der Waals surface area (Å²) in [7, 11) is 1.52. The molecule has 2 aromatic heterocycles. The van der Waals surface area contributed by atoms with Gasteiger partial charge in [-0.25, -0.2) is 9.79 Å². The molecule has 2 aromatic carbocycles. The standard InChI is InChI=1S/C29H24Cl2N2O5S2/c1-4-37-28(35)24-16(2)32-29-33(25(24)22-9-6-10-39-22)27(34)23(40-29)14-18-12-20(31)26(21(13-18)36-3)38-15-17-7-5-8-19(30)11-17/h5-14,25H,4,15H2,1-3H3/b23-14-/t25-/m1/s1. The summed E-state index contributed by atoms with van der Waals surface area (Å²) >= 11 is 15.4. The molecule has 4 aromatic rings. The average Bonchev–Trinajstić information content (AvgIpc) is 3.55. The van der Waals surface area contributed by atoms with Gasteiger partial charge in [0.05, 0.1) is 34.5 Å². The van der Waals surface area contributed by atoms with Crippen LogP contribution < -0.4 is 24.4 Å². The highest BCUT2D eigenvalue weighted by molar-refractivity contribution is 7.10. The number of esters is 1. The molecule has 1 aliphatic rings. The lowest BCUT2D eigenvalue weighted by molar-refractivity contribution is -0.139. The Balaban J connectivity index is 1.55. The Bertz CT molecular complexity index is 1790. The summed E-state index contributed by atoms with van der Waals surface area (Å²) in [6.45, 7) is 3.98. The van der Waals surface area contributed by atoms with Crippen molar-refractivity contribution in [2.75, 3.05) is 13.7 Å². The number of carbonyl (C=O) groups is 1. The Morgan fingerprint density at radius 2 is 2.00 bits per heavy atom. The quantitative estimate of drug-likeness (QED) is 0.236. The van der Waals surface area contributed by atoms with E-state index in [4.69, 9.17) is 37.4 Å². The smallest absolute Gasteiger partial charge is 0.338 e. The van der Waals surface area contributed by atoms with Gasteiger partial charge in [0, 0.05) is 9.90 Å². The molecule has 1 atom stereocenters. The topological polar surface area (TPSA) is 79.1 Å². The Labute approximate surface area is 248 Å². The highest BCUT2D eigenvalue weighted by atomic mass is 35.5. The maximum absolute atomic E-state index is 13.8. The third kappa shape index (κ3) is 5.60. The Morgan fingerprint density at radius 3 is 2.70 bits per heavy atom. The minimum absolute atomic E-state index is 0.221. The van der Waals surface area contributed by atoms with Crippen molar-refractivity contribution < 1.29 is 19.0 Å². The second-order valence-corrected chi connectivity index (χ2v) is 11.6. The molecule has 7 nitrogen and oxygen atoms in total. The summed E-state index contributed by atoms with van der Waals surface area (Å²) in [5.41, 5.74) is 2.14. The lowest BCUT2D eigenvalue weighted by Crippen LogP contribution is -2.39. The predicted molar refractivity (Wildman–Crippen MR) is 159 cm³/mol. The summed E-state index contributed by atoms with van der Waals surface area (Å²) in [6, 6.07) is 14.0. The van der Waals surface area contributed by atoms with E-state index in [1.54, 1.807) is 42.7 Å². The van der Waals surface area contributed by atoms with Gasteiger partial charge in [-0.05, 0) is 66.8 Å². The fourth-order valence-electron chi connectivity index (χ4n) is 4.40. The average molecular weight is 616 g/mol. The maximum atomic E-state index is 13.8. The fourth-order valence-corrected chi connectivity index (χ4v) is 6.76. The number of benzene rings is 2. The van der Waals surface area contributed by atoms with Crippen molar-refractivity contribution in [3.63, 3.8) is 0 Å². The maximum Gasteiger partial charge on any atom is 0.338 e. The molecule has 1 aliphatic heterocycles. The predicted octanol–water partition coefficient (Wildman–Crippen LogP) is 5.75. The zero-order valence-corrected chi connectivity index (χ0v) is 24.9. The molecule has 0 unspecified atom stereocenters. The molecule has 5 rings (SSSR count). The molecule has 11 heteroatoms. The van der Waals surface area contributed by atoms with Gasteiger partial charge in [-0.2, -0.15) is 0 Å². The number of methoxy groups -OCH3 is 1. The van der Waals surface area contributed by atoms with E-state index in [2.05, 4.69) is 4.99 Å². The van der Waals surface area contributed by atoms with Crippen LogP contribution in [0.3, 0.4) is 0 Å². The van der Waals surface area contributed by atoms with Crippen LogP contribution in [0.15, 0.2) is 75.0 Å². The molecular weight excluding hydrogens is 591 g/mol. The van der Waals surface area contributed by atoms with E-state index < -0.39 is 12.0 Å². The third-order valence-corrected chi connectivity index (χ3v) is 8.57. The van der Waals surface area contributed by atoms with Crippen molar-refractivity contribution >= 4 is 57.9 Å². The first-order valence-corrected chi connectivity index (χ1v) is 14.7. The minimum atomic E-state index is -0.627. The van der Waals surface area contributed by atoms with Crippen molar-refractivity contribution in [2.45, 2.75) is 26.5 Å². The Hall–Kier alpha value is -3.37. The highest BCUT2D eigenvalue weighted by Gasteiger charge is 2.33. The molecule has 0 amide bonds. The summed E-state index contributed by atoms with van der Waals surface area (Å²) in [6.07, 6.45) is 1.73. The fraction of sp³-hybridized carbons (Fsp3) is 0.207. The highest BCUT2D eigenvalue weighted by Crippen LogP contribution is 2.37. The summed E-state index contributed by atoms with van der Waals surface area (Å²) in [5.74, 6) is 0.321. The van der Waals surface area contributed by atoms with Gasteiger partial charge in [0.25, 0.3) is 5.56 Å². The van der Waals surface area contributed by atoms with Gasteiger partial charge in [0.15, 0.2) is 16.3 Å². The van der Waals surface area contributed by atoms with Crippen LogP contribution in [0.2, 0.25) is 10.0 Å². The first-order valence-electron chi connectivity index (χ1n) is 12.3. The lowest BCUT2D eigenvalue weighted by Gasteiger charge is -2.23. The van der Waals surface area contributed by atoms with Crippen molar-refractivity contribution in [2.24, 2.45) is 4.99 Å². The van der Waals surface area contributed by atoms with Gasteiger partial charge in [-0.3, -0.25) is 9.36 Å². The molecule has 0 saturated carbocycles. The van der Waals surface area contributed by atoms with Gasteiger partial charge >= 0.3 is 5.97 Å². The van der Waals surface area contributed by atoms with E-state index in [9.17, 15) is 9.59 Å².